The maximum atomic E-state index is 13.0. The highest BCUT2D eigenvalue weighted by atomic mass is 35.5. The summed E-state index contributed by atoms with van der Waals surface area (Å²) < 4.78 is 10.9. The molecular formula is C30H37Cl3N4O5. The van der Waals surface area contributed by atoms with Gasteiger partial charge in [-0.05, 0) is 55.7 Å². The number of piperazine rings is 1. The van der Waals surface area contributed by atoms with Gasteiger partial charge in [-0.2, -0.15) is 0 Å². The van der Waals surface area contributed by atoms with Crippen LogP contribution in [0, 0.1) is 5.92 Å². The van der Waals surface area contributed by atoms with Crippen molar-refractivity contribution in [1.29, 1.82) is 0 Å². The van der Waals surface area contributed by atoms with Crippen molar-refractivity contribution in [1.82, 2.24) is 20.0 Å². The average Bonchev–Trinajstić information content (AvgIpc) is 2.99. The van der Waals surface area contributed by atoms with Gasteiger partial charge in [0, 0.05) is 63.9 Å². The fourth-order valence-corrected chi connectivity index (χ4v) is 5.66. The van der Waals surface area contributed by atoms with Gasteiger partial charge in [0.1, 0.15) is 5.75 Å². The van der Waals surface area contributed by atoms with E-state index in [9.17, 15) is 14.4 Å². The van der Waals surface area contributed by atoms with Gasteiger partial charge in [0.2, 0.25) is 0 Å². The van der Waals surface area contributed by atoms with Gasteiger partial charge in [0.05, 0.1) is 28.1 Å². The van der Waals surface area contributed by atoms with Crippen LogP contribution in [0.1, 0.15) is 35.7 Å². The molecule has 2 aromatic rings. The van der Waals surface area contributed by atoms with E-state index < -0.39 is 0 Å². The lowest BCUT2D eigenvalue weighted by Crippen LogP contribution is -2.48. The third-order valence-electron chi connectivity index (χ3n) is 7.50. The molecule has 2 aliphatic rings. The molecule has 0 radical (unpaired) electrons. The first-order chi connectivity index (χ1) is 20.2. The molecule has 12 heteroatoms. The number of amides is 2. The number of likely N-dealkylation sites (tertiary alicyclic amines) is 1. The first-order valence-corrected chi connectivity index (χ1v) is 15.4. The Labute approximate surface area is 261 Å². The van der Waals surface area contributed by atoms with Crippen LogP contribution < -0.4 is 10.1 Å². The molecule has 1 N–H and O–H groups in total. The number of hydrogen-bond acceptors (Lipinski definition) is 7. The summed E-state index contributed by atoms with van der Waals surface area (Å²) in [4.78, 5) is 44.3. The van der Waals surface area contributed by atoms with Crippen molar-refractivity contribution >= 4 is 52.6 Å². The Kier molecular flexibility index (Phi) is 12.2. The fraction of sp³-hybridized carbons (Fsp3) is 0.500. The lowest BCUT2D eigenvalue weighted by atomic mass is 9.98. The van der Waals surface area contributed by atoms with Gasteiger partial charge in [0.25, 0.3) is 11.8 Å². The molecule has 0 spiro atoms. The van der Waals surface area contributed by atoms with Crippen molar-refractivity contribution in [3.63, 3.8) is 0 Å². The molecule has 0 aromatic heterocycles. The fourth-order valence-electron chi connectivity index (χ4n) is 5.18. The van der Waals surface area contributed by atoms with Gasteiger partial charge in [-0.3, -0.25) is 24.2 Å². The summed E-state index contributed by atoms with van der Waals surface area (Å²) in [5.41, 5.74) is 1.44. The van der Waals surface area contributed by atoms with Crippen LogP contribution in [-0.4, -0.2) is 98.1 Å². The number of piperidine rings is 1. The summed E-state index contributed by atoms with van der Waals surface area (Å²) in [5, 5.41) is 4.48. The highest BCUT2D eigenvalue weighted by Gasteiger charge is 2.29. The van der Waals surface area contributed by atoms with Crippen molar-refractivity contribution in [2.45, 2.75) is 26.3 Å². The van der Waals surface area contributed by atoms with Crippen LogP contribution in [0.25, 0.3) is 0 Å². The Morgan fingerprint density at radius 1 is 0.952 bits per heavy atom. The standard InChI is InChI=1S/C30H37Cl3N4O5/c1-2-41-30(40)22-4-3-10-37(19-22)28(38)20-42-27-17-23(31)6-7-24(27)29(39)34-9-11-35-12-14-36(15-13-35)18-21-5-8-25(32)26(33)16-21/h5-8,16-17,22H,2-4,9-15,18-20H2,1H3,(H,34,39). The van der Waals surface area contributed by atoms with E-state index >= 15 is 0 Å². The predicted octanol–water partition coefficient (Wildman–Crippen LogP) is 4.37. The number of carbonyl (C=O) groups is 3. The van der Waals surface area contributed by atoms with E-state index in [4.69, 9.17) is 44.3 Å². The summed E-state index contributed by atoms with van der Waals surface area (Å²) >= 11 is 18.3. The third-order valence-corrected chi connectivity index (χ3v) is 8.48. The number of carbonyl (C=O) groups excluding carboxylic acids is 3. The Hall–Kier alpha value is -2.56. The van der Waals surface area contributed by atoms with Gasteiger partial charge < -0.3 is 19.7 Å². The Bertz CT molecular complexity index is 1260. The SMILES string of the molecule is CCOC(=O)C1CCCN(C(=O)COc2cc(Cl)ccc2C(=O)NCCN2CCN(Cc3ccc(Cl)c(Cl)c3)CC2)C1. The highest BCUT2D eigenvalue weighted by Crippen LogP contribution is 2.25. The second-order valence-electron chi connectivity index (χ2n) is 10.5. The summed E-state index contributed by atoms with van der Waals surface area (Å²) in [6.07, 6.45) is 1.41. The molecule has 2 aromatic carbocycles. The van der Waals surface area contributed by atoms with E-state index in [1.54, 1.807) is 24.0 Å². The van der Waals surface area contributed by atoms with Crippen molar-refractivity contribution < 1.29 is 23.9 Å². The summed E-state index contributed by atoms with van der Waals surface area (Å²) in [6.45, 7) is 8.26. The minimum atomic E-state index is -0.333. The molecule has 2 amide bonds. The first-order valence-electron chi connectivity index (χ1n) is 14.3. The van der Waals surface area contributed by atoms with E-state index in [1.165, 1.54) is 6.07 Å². The van der Waals surface area contributed by atoms with E-state index in [-0.39, 0.29) is 36.1 Å². The van der Waals surface area contributed by atoms with Gasteiger partial charge in [-0.15, -0.1) is 0 Å². The molecule has 0 aliphatic carbocycles. The molecule has 2 aliphatic heterocycles. The largest absolute Gasteiger partial charge is 0.483 e. The second kappa shape index (κ2) is 15.8. The number of rotatable bonds is 11. The van der Waals surface area contributed by atoms with Crippen molar-refractivity contribution in [2.75, 3.05) is 65.6 Å². The van der Waals surface area contributed by atoms with Crippen LogP contribution in [-0.2, 0) is 20.9 Å². The zero-order chi connectivity index (χ0) is 30.1. The molecule has 0 saturated carbocycles. The topological polar surface area (TPSA) is 91.4 Å². The van der Waals surface area contributed by atoms with Gasteiger partial charge >= 0.3 is 5.97 Å². The summed E-state index contributed by atoms with van der Waals surface area (Å²) in [7, 11) is 0. The van der Waals surface area contributed by atoms with Crippen LogP contribution in [0.4, 0.5) is 0 Å². The third kappa shape index (κ3) is 9.22. The molecule has 228 valence electrons. The normalized spacial score (nSPS) is 18.0. The van der Waals surface area contributed by atoms with E-state index in [0.717, 1.165) is 38.3 Å². The van der Waals surface area contributed by atoms with Gasteiger partial charge in [-0.1, -0.05) is 40.9 Å². The van der Waals surface area contributed by atoms with Crippen LogP contribution in [0.5, 0.6) is 5.75 Å². The Balaban J connectivity index is 1.22. The van der Waals surface area contributed by atoms with Crippen LogP contribution in [0.3, 0.4) is 0 Å². The zero-order valence-corrected chi connectivity index (χ0v) is 26.0. The van der Waals surface area contributed by atoms with Crippen molar-refractivity contribution in [2.24, 2.45) is 5.92 Å². The quantitative estimate of drug-likeness (QED) is 0.365. The van der Waals surface area contributed by atoms with Gasteiger partial charge in [0.15, 0.2) is 6.61 Å². The molecule has 1 unspecified atom stereocenters. The van der Waals surface area contributed by atoms with E-state index in [2.05, 4.69) is 15.1 Å². The molecule has 4 rings (SSSR count). The van der Waals surface area contributed by atoms with Crippen molar-refractivity contribution in [3.8, 4) is 5.75 Å². The smallest absolute Gasteiger partial charge is 0.310 e. The zero-order valence-electron chi connectivity index (χ0n) is 23.8. The van der Waals surface area contributed by atoms with Gasteiger partial charge in [-0.25, -0.2) is 0 Å². The number of esters is 1. The molecule has 2 fully saturated rings. The van der Waals surface area contributed by atoms with Crippen LogP contribution in [0.2, 0.25) is 15.1 Å². The molecule has 2 saturated heterocycles. The minimum Gasteiger partial charge on any atom is -0.483 e. The lowest BCUT2D eigenvalue weighted by Gasteiger charge is -2.34. The molecule has 0 bridgehead atoms. The molecule has 1 atom stereocenters. The Morgan fingerprint density at radius 2 is 1.71 bits per heavy atom. The molecule has 42 heavy (non-hydrogen) atoms. The van der Waals surface area contributed by atoms with E-state index in [0.29, 0.717) is 66.3 Å². The average molecular weight is 640 g/mol. The van der Waals surface area contributed by atoms with Crippen LogP contribution in [0.15, 0.2) is 36.4 Å². The number of halogens is 3. The maximum Gasteiger partial charge on any atom is 0.310 e. The number of nitrogens with one attached hydrogen (secondary N) is 1. The minimum absolute atomic E-state index is 0.239. The second-order valence-corrected chi connectivity index (χ2v) is 11.7. The summed E-state index contributed by atoms with van der Waals surface area (Å²) in [6, 6.07) is 10.5. The first kappa shape index (κ1) is 32.4. The maximum absolute atomic E-state index is 13.0. The summed E-state index contributed by atoms with van der Waals surface area (Å²) in [5.74, 6) is -0.930. The number of ether oxygens (including phenoxy) is 2. The molecule has 2 heterocycles. The number of hydrogen-bond donors (Lipinski definition) is 1. The number of benzene rings is 2. The Morgan fingerprint density at radius 3 is 2.45 bits per heavy atom. The molecular weight excluding hydrogens is 603 g/mol. The molecule has 9 nitrogen and oxygen atoms in total. The highest BCUT2D eigenvalue weighted by molar-refractivity contribution is 6.42. The lowest BCUT2D eigenvalue weighted by molar-refractivity contribution is -0.151. The van der Waals surface area contributed by atoms with Crippen LogP contribution >= 0.6 is 34.8 Å². The van der Waals surface area contributed by atoms with E-state index in [1.807, 2.05) is 18.2 Å². The monoisotopic (exact) mass is 638 g/mol. The number of nitrogens with zero attached hydrogens (tertiary/aromatic N) is 3. The van der Waals surface area contributed by atoms with Crippen molar-refractivity contribution in [3.05, 3.63) is 62.6 Å². The predicted molar refractivity (Wildman–Crippen MR) is 163 cm³/mol.